The summed E-state index contributed by atoms with van der Waals surface area (Å²) in [7, 11) is 2.13. The largest absolute Gasteiger partial charge is 0.374 e. The van der Waals surface area contributed by atoms with Crippen LogP contribution in [-0.2, 0) is 6.42 Å². The Morgan fingerprint density at radius 1 is 1.07 bits per heavy atom. The van der Waals surface area contributed by atoms with Crippen molar-refractivity contribution >= 4 is 11.2 Å². The first-order valence-electron chi connectivity index (χ1n) is 9.35. The van der Waals surface area contributed by atoms with Crippen molar-refractivity contribution in [2.24, 2.45) is 0 Å². The molecule has 0 amide bonds. The van der Waals surface area contributed by atoms with Crippen molar-refractivity contribution in [1.29, 1.82) is 0 Å². The molecule has 1 aromatic carbocycles. The molecular formula is C21H20N6O. The maximum atomic E-state index is 13.1. The number of hydrogen-bond acceptors (Lipinski definition) is 5. The molecule has 4 aromatic rings. The summed E-state index contributed by atoms with van der Waals surface area (Å²) in [5, 5.41) is 4.26. The molecule has 0 aliphatic carbocycles. The molecule has 7 nitrogen and oxygen atoms in total. The molecule has 0 saturated heterocycles. The summed E-state index contributed by atoms with van der Waals surface area (Å²) in [6, 6.07) is 8.12. The second-order valence-corrected chi connectivity index (χ2v) is 7.15. The molecule has 0 spiro atoms. The van der Waals surface area contributed by atoms with E-state index >= 15 is 0 Å². The monoisotopic (exact) mass is 372 g/mol. The number of benzene rings is 1. The van der Waals surface area contributed by atoms with Crippen LogP contribution in [0.1, 0.15) is 17.5 Å². The molecule has 3 aromatic heterocycles. The van der Waals surface area contributed by atoms with Crippen molar-refractivity contribution < 1.29 is 0 Å². The molecule has 0 N–H and O–H groups in total. The van der Waals surface area contributed by atoms with Gasteiger partial charge >= 0.3 is 0 Å². The lowest BCUT2D eigenvalue weighted by Crippen LogP contribution is -2.25. The third kappa shape index (κ3) is 2.43. The number of aromatic nitrogens is 5. The Morgan fingerprint density at radius 3 is 2.71 bits per heavy atom. The summed E-state index contributed by atoms with van der Waals surface area (Å²) in [5.74, 6) is 0.274. The van der Waals surface area contributed by atoms with Gasteiger partial charge in [0.2, 0.25) is 0 Å². The summed E-state index contributed by atoms with van der Waals surface area (Å²) < 4.78 is 3.05. The molecule has 0 unspecified atom stereocenters. The maximum absolute atomic E-state index is 13.1. The van der Waals surface area contributed by atoms with Crippen LogP contribution in [0.25, 0.3) is 22.6 Å². The third-order valence-electron chi connectivity index (χ3n) is 5.49. The lowest BCUT2D eigenvalue weighted by molar-refractivity contribution is 0.732. The van der Waals surface area contributed by atoms with Gasteiger partial charge in [0.15, 0.2) is 0 Å². The maximum Gasteiger partial charge on any atom is 0.298 e. The van der Waals surface area contributed by atoms with Gasteiger partial charge in [-0.25, -0.2) is 9.97 Å². The topological polar surface area (TPSA) is 68.3 Å². The van der Waals surface area contributed by atoms with Crippen molar-refractivity contribution in [3.63, 3.8) is 0 Å². The number of fused-ring (bicyclic) bond motifs is 2. The Balaban J connectivity index is 1.74. The SMILES string of the molecule is Cc1c(-c2cccc3c2CCCN3C)cn2cnn(-c3ncccn3)c(=O)c12. The van der Waals surface area contributed by atoms with Gasteiger partial charge in [0.25, 0.3) is 11.5 Å². The summed E-state index contributed by atoms with van der Waals surface area (Å²) in [4.78, 5) is 23.7. The zero-order valence-corrected chi connectivity index (χ0v) is 15.8. The standard InChI is InChI=1S/C21H20N6O/c1-14-17(15-6-3-8-18-16(15)7-4-11-25(18)2)12-26-13-24-27(20(28)19(14)26)21-22-9-5-10-23-21/h3,5-6,8-10,12-13H,4,7,11H2,1-2H3. The molecule has 7 heteroatoms. The van der Waals surface area contributed by atoms with Crippen LogP contribution < -0.4 is 10.5 Å². The van der Waals surface area contributed by atoms with Gasteiger partial charge in [0, 0.05) is 43.4 Å². The van der Waals surface area contributed by atoms with E-state index in [1.165, 1.54) is 21.5 Å². The lowest BCUT2D eigenvalue weighted by Gasteiger charge is -2.29. The second kappa shape index (κ2) is 6.30. The third-order valence-corrected chi connectivity index (χ3v) is 5.49. The van der Waals surface area contributed by atoms with E-state index in [2.05, 4.69) is 45.2 Å². The number of aryl methyl sites for hydroxylation is 1. The molecule has 28 heavy (non-hydrogen) atoms. The van der Waals surface area contributed by atoms with Crippen LogP contribution in [0.15, 0.2) is 54.0 Å². The molecule has 0 fully saturated rings. The van der Waals surface area contributed by atoms with E-state index in [0.717, 1.165) is 30.5 Å². The van der Waals surface area contributed by atoms with Gasteiger partial charge in [-0.2, -0.15) is 9.78 Å². The molecular weight excluding hydrogens is 352 g/mol. The molecule has 5 rings (SSSR count). The van der Waals surface area contributed by atoms with Gasteiger partial charge in [-0.15, -0.1) is 0 Å². The van der Waals surface area contributed by atoms with E-state index in [1.807, 2.05) is 13.1 Å². The molecule has 1 aliphatic heterocycles. The van der Waals surface area contributed by atoms with E-state index in [9.17, 15) is 4.79 Å². The highest BCUT2D eigenvalue weighted by atomic mass is 16.1. The highest BCUT2D eigenvalue weighted by molar-refractivity contribution is 5.81. The molecule has 4 heterocycles. The number of nitrogens with zero attached hydrogens (tertiary/aromatic N) is 6. The van der Waals surface area contributed by atoms with Crippen LogP contribution in [0, 0.1) is 6.92 Å². The summed E-state index contributed by atoms with van der Waals surface area (Å²) in [6.45, 7) is 3.06. The smallest absolute Gasteiger partial charge is 0.298 e. The molecule has 140 valence electrons. The molecule has 0 radical (unpaired) electrons. The van der Waals surface area contributed by atoms with Crippen LogP contribution in [0.5, 0.6) is 0 Å². The Hall–Kier alpha value is -3.48. The summed E-state index contributed by atoms with van der Waals surface area (Å²) in [5.41, 5.74) is 6.18. The Morgan fingerprint density at radius 2 is 1.89 bits per heavy atom. The van der Waals surface area contributed by atoms with Crippen LogP contribution in [-0.4, -0.2) is 37.7 Å². The zero-order valence-electron chi connectivity index (χ0n) is 15.8. The molecule has 1 aliphatic rings. The fourth-order valence-corrected chi connectivity index (χ4v) is 4.12. The molecule has 0 bridgehead atoms. The van der Waals surface area contributed by atoms with E-state index < -0.39 is 0 Å². The Kier molecular flexibility index (Phi) is 3.75. The van der Waals surface area contributed by atoms with Crippen molar-refractivity contribution in [1.82, 2.24) is 24.1 Å². The van der Waals surface area contributed by atoms with E-state index in [1.54, 1.807) is 29.2 Å². The van der Waals surface area contributed by atoms with Crippen molar-refractivity contribution in [2.75, 3.05) is 18.5 Å². The predicted molar refractivity (Wildman–Crippen MR) is 108 cm³/mol. The van der Waals surface area contributed by atoms with Crippen molar-refractivity contribution in [3.05, 3.63) is 70.7 Å². The van der Waals surface area contributed by atoms with E-state index in [4.69, 9.17) is 0 Å². The highest BCUT2D eigenvalue weighted by Gasteiger charge is 2.21. The van der Waals surface area contributed by atoms with E-state index in [0.29, 0.717) is 5.52 Å². The van der Waals surface area contributed by atoms with Gasteiger partial charge in [-0.05, 0) is 48.6 Å². The van der Waals surface area contributed by atoms with Crippen LogP contribution in [0.3, 0.4) is 0 Å². The average Bonchev–Trinajstić information content (AvgIpc) is 3.06. The second-order valence-electron chi connectivity index (χ2n) is 7.15. The average molecular weight is 372 g/mol. The first kappa shape index (κ1) is 16.7. The molecule has 0 saturated carbocycles. The van der Waals surface area contributed by atoms with Crippen LogP contribution in [0.2, 0.25) is 0 Å². The highest BCUT2D eigenvalue weighted by Crippen LogP contribution is 2.37. The van der Waals surface area contributed by atoms with Gasteiger partial charge in [-0.1, -0.05) is 12.1 Å². The van der Waals surface area contributed by atoms with Gasteiger partial charge < -0.3 is 9.30 Å². The minimum atomic E-state index is -0.223. The number of rotatable bonds is 2. The quantitative estimate of drug-likeness (QED) is 0.541. The number of anilines is 1. The van der Waals surface area contributed by atoms with Crippen molar-refractivity contribution in [2.45, 2.75) is 19.8 Å². The predicted octanol–water partition coefficient (Wildman–Crippen LogP) is 2.63. The van der Waals surface area contributed by atoms with Gasteiger partial charge in [0.1, 0.15) is 11.8 Å². The minimum absolute atomic E-state index is 0.223. The minimum Gasteiger partial charge on any atom is -0.374 e. The van der Waals surface area contributed by atoms with Crippen LogP contribution in [0.4, 0.5) is 5.69 Å². The summed E-state index contributed by atoms with van der Waals surface area (Å²) >= 11 is 0. The Bertz CT molecular complexity index is 1240. The van der Waals surface area contributed by atoms with Crippen molar-refractivity contribution in [3.8, 4) is 17.1 Å². The first-order valence-corrected chi connectivity index (χ1v) is 9.35. The fourth-order valence-electron chi connectivity index (χ4n) is 4.12. The normalized spacial score (nSPS) is 13.7. The fraction of sp³-hybridized carbons (Fsp3) is 0.238. The first-order chi connectivity index (χ1) is 13.6. The van der Waals surface area contributed by atoms with Crippen LogP contribution >= 0.6 is 0 Å². The summed E-state index contributed by atoms with van der Waals surface area (Å²) in [6.07, 6.45) is 9.02. The zero-order chi connectivity index (χ0) is 19.3. The Labute approximate surface area is 161 Å². The number of hydrogen-bond donors (Lipinski definition) is 0. The van der Waals surface area contributed by atoms with Gasteiger partial charge in [0.05, 0.1) is 0 Å². The lowest BCUT2D eigenvalue weighted by atomic mass is 9.92. The van der Waals surface area contributed by atoms with Gasteiger partial charge in [-0.3, -0.25) is 4.79 Å². The molecule has 0 atom stereocenters. The van der Waals surface area contributed by atoms with E-state index in [-0.39, 0.29) is 11.5 Å².